The highest BCUT2D eigenvalue weighted by atomic mass is 19.1. The Bertz CT molecular complexity index is 626. The summed E-state index contributed by atoms with van der Waals surface area (Å²) in [6.07, 6.45) is 3.64. The Labute approximate surface area is 135 Å². The third kappa shape index (κ3) is 5.65. The van der Waals surface area contributed by atoms with Gasteiger partial charge in [-0.15, -0.1) is 0 Å². The van der Waals surface area contributed by atoms with Crippen LogP contribution in [0.5, 0.6) is 0 Å². The standard InChI is InChI=1S/C17H21FN4O/c1-12(2)9-21-16-11-20-15(10-22-16)17(23)19-8-7-13-3-5-14(18)6-4-13/h3-6,10-12H,7-9H2,1-2H3,(H,19,23)(H,21,22). The van der Waals surface area contributed by atoms with Crippen molar-refractivity contribution in [3.8, 4) is 0 Å². The monoisotopic (exact) mass is 316 g/mol. The summed E-state index contributed by atoms with van der Waals surface area (Å²) in [5.74, 6) is 0.627. The van der Waals surface area contributed by atoms with Crippen LogP contribution in [0.4, 0.5) is 10.2 Å². The summed E-state index contributed by atoms with van der Waals surface area (Å²) < 4.78 is 12.8. The number of rotatable bonds is 7. The molecule has 0 spiro atoms. The number of hydrogen-bond acceptors (Lipinski definition) is 4. The molecule has 2 N–H and O–H groups in total. The third-order valence-corrected chi connectivity index (χ3v) is 3.19. The van der Waals surface area contributed by atoms with Gasteiger partial charge in [-0.05, 0) is 30.0 Å². The number of aromatic nitrogens is 2. The number of hydrogen-bond donors (Lipinski definition) is 2. The quantitative estimate of drug-likeness (QED) is 0.824. The van der Waals surface area contributed by atoms with Crippen molar-refractivity contribution in [2.24, 2.45) is 5.92 Å². The molecule has 0 aliphatic heterocycles. The van der Waals surface area contributed by atoms with Gasteiger partial charge in [-0.1, -0.05) is 26.0 Å². The van der Waals surface area contributed by atoms with Crippen LogP contribution in [0.2, 0.25) is 0 Å². The number of halogens is 1. The normalized spacial score (nSPS) is 10.6. The molecule has 0 radical (unpaired) electrons. The van der Waals surface area contributed by atoms with Crippen LogP contribution >= 0.6 is 0 Å². The maximum atomic E-state index is 12.8. The highest BCUT2D eigenvalue weighted by Gasteiger charge is 2.07. The lowest BCUT2D eigenvalue weighted by Crippen LogP contribution is -2.26. The summed E-state index contributed by atoms with van der Waals surface area (Å²) in [6.45, 7) is 5.46. The van der Waals surface area contributed by atoms with Crippen LogP contribution in [0.25, 0.3) is 0 Å². The van der Waals surface area contributed by atoms with E-state index in [1.165, 1.54) is 18.3 Å². The smallest absolute Gasteiger partial charge is 0.271 e. The van der Waals surface area contributed by atoms with E-state index >= 15 is 0 Å². The predicted octanol–water partition coefficient (Wildman–Crippen LogP) is 2.66. The molecule has 1 aromatic carbocycles. The number of carbonyl (C=O) groups is 1. The average molecular weight is 316 g/mol. The van der Waals surface area contributed by atoms with E-state index in [2.05, 4.69) is 34.4 Å². The molecule has 2 rings (SSSR count). The molecular formula is C17H21FN4O. The van der Waals surface area contributed by atoms with Gasteiger partial charge in [-0.2, -0.15) is 0 Å². The minimum Gasteiger partial charge on any atom is -0.369 e. The lowest BCUT2D eigenvalue weighted by Gasteiger charge is -2.08. The second-order valence-electron chi connectivity index (χ2n) is 5.69. The van der Waals surface area contributed by atoms with E-state index in [-0.39, 0.29) is 17.4 Å². The highest BCUT2D eigenvalue weighted by Crippen LogP contribution is 2.04. The molecule has 0 fully saturated rings. The number of nitrogens with zero attached hydrogens (tertiary/aromatic N) is 2. The molecule has 0 unspecified atom stereocenters. The Kier molecular flexibility index (Phi) is 6.02. The molecule has 0 bridgehead atoms. The molecule has 23 heavy (non-hydrogen) atoms. The molecule has 0 aliphatic carbocycles. The maximum absolute atomic E-state index is 12.8. The molecule has 1 heterocycles. The highest BCUT2D eigenvalue weighted by molar-refractivity contribution is 5.91. The second kappa shape index (κ2) is 8.22. The Morgan fingerprint density at radius 2 is 1.91 bits per heavy atom. The van der Waals surface area contributed by atoms with Crippen molar-refractivity contribution in [3.63, 3.8) is 0 Å². The average Bonchev–Trinajstić information content (AvgIpc) is 2.55. The first-order valence-corrected chi connectivity index (χ1v) is 7.63. The van der Waals surface area contributed by atoms with Crippen LogP contribution in [0, 0.1) is 11.7 Å². The van der Waals surface area contributed by atoms with Gasteiger partial charge < -0.3 is 10.6 Å². The molecule has 2 aromatic rings. The Balaban J connectivity index is 1.80. The van der Waals surface area contributed by atoms with E-state index in [1.54, 1.807) is 18.3 Å². The van der Waals surface area contributed by atoms with Crippen LogP contribution in [0.1, 0.15) is 29.9 Å². The first-order valence-electron chi connectivity index (χ1n) is 7.63. The molecule has 1 aromatic heterocycles. The van der Waals surface area contributed by atoms with Gasteiger partial charge in [0.2, 0.25) is 0 Å². The number of carbonyl (C=O) groups excluding carboxylic acids is 1. The first-order chi connectivity index (χ1) is 11.0. The van der Waals surface area contributed by atoms with Crippen LogP contribution < -0.4 is 10.6 Å². The Morgan fingerprint density at radius 1 is 1.17 bits per heavy atom. The van der Waals surface area contributed by atoms with Crippen LogP contribution in [-0.4, -0.2) is 29.0 Å². The van der Waals surface area contributed by atoms with Gasteiger partial charge in [0.1, 0.15) is 17.3 Å². The topological polar surface area (TPSA) is 66.9 Å². The molecule has 0 aliphatic rings. The SMILES string of the molecule is CC(C)CNc1cnc(C(=O)NCCc2ccc(F)cc2)cn1. The van der Waals surface area contributed by atoms with Crippen molar-refractivity contribution in [3.05, 3.63) is 53.7 Å². The van der Waals surface area contributed by atoms with E-state index in [4.69, 9.17) is 0 Å². The van der Waals surface area contributed by atoms with Crippen molar-refractivity contribution in [1.29, 1.82) is 0 Å². The molecule has 5 nitrogen and oxygen atoms in total. The molecular weight excluding hydrogens is 295 g/mol. The van der Waals surface area contributed by atoms with Gasteiger partial charge >= 0.3 is 0 Å². The number of amides is 1. The van der Waals surface area contributed by atoms with E-state index in [0.29, 0.717) is 24.7 Å². The summed E-state index contributed by atoms with van der Waals surface area (Å²) in [5.41, 5.74) is 1.24. The second-order valence-corrected chi connectivity index (χ2v) is 5.69. The van der Waals surface area contributed by atoms with Gasteiger partial charge in [0, 0.05) is 13.1 Å². The maximum Gasteiger partial charge on any atom is 0.271 e. The van der Waals surface area contributed by atoms with Crippen molar-refractivity contribution in [2.45, 2.75) is 20.3 Å². The lowest BCUT2D eigenvalue weighted by atomic mass is 10.1. The molecule has 6 heteroatoms. The molecule has 0 saturated heterocycles. The fourth-order valence-electron chi connectivity index (χ4n) is 1.91. The lowest BCUT2D eigenvalue weighted by molar-refractivity contribution is 0.0949. The van der Waals surface area contributed by atoms with Crippen molar-refractivity contribution in [1.82, 2.24) is 15.3 Å². The van der Waals surface area contributed by atoms with Crippen LogP contribution in [0.3, 0.4) is 0 Å². The Hall–Kier alpha value is -2.50. The summed E-state index contributed by atoms with van der Waals surface area (Å²) in [4.78, 5) is 20.3. The van der Waals surface area contributed by atoms with Crippen molar-refractivity contribution >= 4 is 11.7 Å². The van der Waals surface area contributed by atoms with E-state index < -0.39 is 0 Å². The molecule has 0 saturated carbocycles. The fourth-order valence-corrected chi connectivity index (χ4v) is 1.91. The van der Waals surface area contributed by atoms with Crippen LogP contribution in [-0.2, 0) is 6.42 Å². The van der Waals surface area contributed by atoms with Gasteiger partial charge in [0.25, 0.3) is 5.91 Å². The van der Waals surface area contributed by atoms with Crippen molar-refractivity contribution < 1.29 is 9.18 Å². The summed E-state index contributed by atoms with van der Waals surface area (Å²) in [7, 11) is 0. The largest absolute Gasteiger partial charge is 0.369 e. The number of nitrogens with one attached hydrogen (secondary N) is 2. The van der Waals surface area contributed by atoms with E-state index in [9.17, 15) is 9.18 Å². The molecule has 122 valence electrons. The first kappa shape index (κ1) is 16.9. The summed E-state index contributed by atoms with van der Waals surface area (Å²) in [5, 5.41) is 5.92. The summed E-state index contributed by atoms with van der Waals surface area (Å²) >= 11 is 0. The minimum atomic E-state index is -0.268. The fraction of sp³-hybridized carbons (Fsp3) is 0.353. The number of anilines is 1. The van der Waals surface area contributed by atoms with E-state index in [0.717, 1.165) is 12.1 Å². The van der Waals surface area contributed by atoms with Gasteiger partial charge in [-0.3, -0.25) is 4.79 Å². The van der Waals surface area contributed by atoms with Crippen LogP contribution in [0.15, 0.2) is 36.7 Å². The predicted molar refractivity (Wildman–Crippen MR) is 87.8 cm³/mol. The van der Waals surface area contributed by atoms with E-state index in [1.807, 2.05) is 0 Å². The zero-order valence-corrected chi connectivity index (χ0v) is 13.3. The van der Waals surface area contributed by atoms with Crippen molar-refractivity contribution in [2.75, 3.05) is 18.4 Å². The zero-order valence-electron chi connectivity index (χ0n) is 13.3. The minimum absolute atomic E-state index is 0.265. The molecule has 0 atom stereocenters. The third-order valence-electron chi connectivity index (χ3n) is 3.19. The zero-order chi connectivity index (χ0) is 16.7. The number of benzene rings is 1. The van der Waals surface area contributed by atoms with Gasteiger partial charge in [0.05, 0.1) is 12.4 Å². The van der Waals surface area contributed by atoms with Gasteiger partial charge in [-0.25, -0.2) is 14.4 Å². The Morgan fingerprint density at radius 3 is 2.52 bits per heavy atom. The molecule has 1 amide bonds. The summed E-state index contributed by atoms with van der Waals surface area (Å²) in [6, 6.07) is 6.23. The van der Waals surface area contributed by atoms with Gasteiger partial charge in [0.15, 0.2) is 0 Å².